The van der Waals surface area contributed by atoms with Gasteiger partial charge in [-0.05, 0) is 49.6 Å². The molecule has 1 aromatic heterocycles. The number of rotatable bonds is 5. The normalized spacial score (nSPS) is 13.7. The number of hydrogen-bond acceptors (Lipinski definition) is 5. The summed E-state index contributed by atoms with van der Waals surface area (Å²) in [7, 11) is 1.55. The van der Waals surface area contributed by atoms with Gasteiger partial charge in [-0.1, -0.05) is 23.7 Å². The van der Waals surface area contributed by atoms with Gasteiger partial charge in [-0.25, -0.2) is 9.97 Å². The Hall–Kier alpha value is -3.12. The zero-order valence-corrected chi connectivity index (χ0v) is 17.5. The Morgan fingerprint density at radius 3 is 2.53 bits per heavy atom. The summed E-state index contributed by atoms with van der Waals surface area (Å²) in [6, 6.07) is 14.5. The molecule has 7 heteroatoms. The second-order valence-corrected chi connectivity index (χ2v) is 7.62. The van der Waals surface area contributed by atoms with E-state index in [1.165, 1.54) is 19.3 Å². The van der Waals surface area contributed by atoms with E-state index >= 15 is 0 Å². The van der Waals surface area contributed by atoms with E-state index in [-0.39, 0.29) is 5.91 Å². The smallest absolute Gasteiger partial charge is 0.255 e. The molecule has 154 valence electrons. The summed E-state index contributed by atoms with van der Waals surface area (Å²) < 4.78 is 5.28. The van der Waals surface area contributed by atoms with Gasteiger partial charge in [0, 0.05) is 35.3 Å². The van der Waals surface area contributed by atoms with E-state index in [4.69, 9.17) is 16.3 Å². The highest BCUT2D eigenvalue weighted by atomic mass is 35.5. The standard InChI is InChI=1S/C23H23ClN4O2/c1-30-21-10-9-18(24)13-20(21)27-23(29)17-7-5-16(6-8-17)19-14-22(26-15-25-19)28-11-3-2-4-12-28/h5-10,13-15H,2-4,11-12H2,1H3,(H,27,29). The van der Waals surface area contributed by atoms with Crippen LogP contribution >= 0.6 is 11.6 Å². The lowest BCUT2D eigenvalue weighted by Crippen LogP contribution is -2.30. The average Bonchev–Trinajstić information content (AvgIpc) is 2.80. The molecule has 1 fully saturated rings. The molecule has 0 radical (unpaired) electrons. The summed E-state index contributed by atoms with van der Waals surface area (Å²) in [5, 5.41) is 3.37. The van der Waals surface area contributed by atoms with Crippen LogP contribution in [0.1, 0.15) is 29.6 Å². The number of ether oxygens (including phenoxy) is 1. The van der Waals surface area contributed by atoms with Gasteiger partial charge >= 0.3 is 0 Å². The predicted octanol–water partition coefficient (Wildman–Crippen LogP) is 5.05. The summed E-state index contributed by atoms with van der Waals surface area (Å²) in [5.74, 6) is 1.27. The fourth-order valence-corrected chi connectivity index (χ4v) is 3.74. The molecule has 1 N–H and O–H groups in total. The number of methoxy groups -OCH3 is 1. The van der Waals surface area contributed by atoms with E-state index in [1.54, 1.807) is 43.8 Å². The average molecular weight is 423 g/mol. The Kier molecular flexibility index (Phi) is 6.14. The number of benzene rings is 2. The summed E-state index contributed by atoms with van der Waals surface area (Å²) in [4.78, 5) is 23.8. The van der Waals surface area contributed by atoms with Crippen molar-refractivity contribution < 1.29 is 9.53 Å². The molecule has 1 aliphatic heterocycles. The second-order valence-electron chi connectivity index (χ2n) is 7.19. The minimum atomic E-state index is -0.237. The van der Waals surface area contributed by atoms with Gasteiger partial charge in [0.15, 0.2) is 0 Å². The van der Waals surface area contributed by atoms with Crippen molar-refractivity contribution in [2.75, 3.05) is 30.4 Å². The Balaban J connectivity index is 1.50. The van der Waals surface area contributed by atoms with E-state index in [9.17, 15) is 4.79 Å². The van der Waals surface area contributed by atoms with Crippen molar-refractivity contribution in [2.24, 2.45) is 0 Å². The van der Waals surface area contributed by atoms with E-state index < -0.39 is 0 Å². The Bertz CT molecular complexity index is 1030. The Morgan fingerprint density at radius 2 is 1.80 bits per heavy atom. The minimum absolute atomic E-state index is 0.237. The first-order valence-corrected chi connectivity index (χ1v) is 10.3. The highest BCUT2D eigenvalue weighted by Crippen LogP contribution is 2.28. The van der Waals surface area contributed by atoms with Crippen LogP contribution in [-0.2, 0) is 0 Å². The van der Waals surface area contributed by atoms with Crippen molar-refractivity contribution in [3.63, 3.8) is 0 Å². The number of nitrogens with one attached hydrogen (secondary N) is 1. The molecule has 2 aromatic carbocycles. The topological polar surface area (TPSA) is 67.3 Å². The Morgan fingerprint density at radius 1 is 1.03 bits per heavy atom. The van der Waals surface area contributed by atoms with Crippen molar-refractivity contribution in [1.29, 1.82) is 0 Å². The number of carbonyl (C=O) groups is 1. The van der Waals surface area contributed by atoms with Crippen LogP contribution in [0.4, 0.5) is 11.5 Å². The van der Waals surface area contributed by atoms with Crippen LogP contribution in [0.25, 0.3) is 11.3 Å². The third kappa shape index (κ3) is 4.54. The van der Waals surface area contributed by atoms with Crippen LogP contribution in [0.3, 0.4) is 0 Å². The molecular formula is C23H23ClN4O2. The number of hydrogen-bond donors (Lipinski definition) is 1. The molecule has 0 saturated carbocycles. The zero-order chi connectivity index (χ0) is 20.9. The predicted molar refractivity (Wildman–Crippen MR) is 119 cm³/mol. The molecule has 6 nitrogen and oxygen atoms in total. The molecule has 0 atom stereocenters. The molecule has 2 heterocycles. The summed E-state index contributed by atoms with van der Waals surface area (Å²) >= 11 is 6.04. The summed E-state index contributed by atoms with van der Waals surface area (Å²) in [6.45, 7) is 2.06. The van der Waals surface area contributed by atoms with Gasteiger partial charge in [0.1, 0.15) is 17.9 Å². The lowest BCUT2D eigenvalue weighted by molar-refractivity contribution is 0.102. The van der Waals surface area contributed by atoms with Gasteiger partial charge in [-0.15, -0.1) is 0 Å². The largest absolute Gasteiger partial charge is 0.495 e. The second kappa shape index (κ2) is 9.13. The van der Waals surface area contributed by atoms with Crippen LogP contribution in [0.2, 0.25) is 5.02 Å². The molecule has 4 rings (SSSR count). The first kappa shape index (κ1) is 20.2. The van der Waals surface area contributed by atoms with Crippen molar-refractivity contribution in [2.45, 2.75) is 19.3 Å². The van der Waals surface area contributed by atoms with Gasteiger partial charge in [0.25, 0.3) is 5.91 Å². The highest BCUT2D eigenvalue weighted by Gasteiger charge is 2.14. The Labute approximate surface area is 180 Å². The molecule has 0 bridgehead atoms. The molecule has 1 saturated heterocycles. The number of amides is 1. The lowest BCUT2D eigenvalue weighted by Gasteiger charge is -2.27. The first-order chi connectivity index (χ1) is 14.6. The summed E-state index contributed by atoms with van der Waals surface area (Å²) in [5.41, 5.74) is 2.84. The van der Waals surface area contributed by atoms with Gasteiger partial charge in [0.05, 0.1) is 18.5 Å². The molecule has 0 spiro atoms. The van der Waals surface area contributed by atoms with Gasteiger partial charge in [0.2, 0.25) is 0 Å². The number of piperidine rings is 1. The van der Waals surface area contributed by atoms with Crippen LogP contribution < -0.4 is 15.0 Å². The van der Waals surface area contributed by atoms with Crippen LogP contribution in [0.5, 0.6) is 5.75 Å². The minimum Gasteiger partial charge on any atom is -0.495 e. The molecule has 0 aliphatic carbocycles. The molecule has 1 amide bonds. The first-order valence-electron chi connectivity index (χ1n) is 9.96. The fourth-order valence-electron chi connectivity index (χ4n) is 3.57. The van der Waals surface area contributed by atoms with Crippen molar-refractivity contribution in [3.05, 3.63) is 65.4 Å². The number of aromatic nitrogens is 2. The fraction of sp³-hybridized carbons (Fsp3) is 0.261. The van der Waals surface area contributed by atoms with E-state index in [0.29, 0.717) is 22.0 Å². The van der Waals surface area contributed by atoms with E-state index in [2.05, 4.69) is 20.2 Å². The van der Waals surface area contributed by atoms with Crippen molar-refractivity contribution in [1.82, 2.24) is 9.97 Å². The van der Waals surface area contributed by atoms with E-state index in [0.717, 1.165) is 30.2 Å². The molecule has 1 aliphatic rings. The highest BCUT2D eigenvalue weighted by molar-refractivity contribution is 6.31. The van der Waals surface area contributed by atoms with Gasteiger partial charge < -0.3 is 15.0 Å². The van der Waals surface area contributed by atoms with Crippen LogP contribution in [-0.4, -0.2) is 36.1 Å². The number of carbonyl (C=O) groups excluding carboxylic acids is 1. The van der Waals surface area contributed by atoms with E-state index in [1.807, 2.05) is 18.2 Å². The molecular weight excluding hydrogens is 400 g/mol. The van der Waals surface area contributed by atoms with Crippen LogP contribution in [0.15, 0.2) is 54.9 Å². The van der Waals surface area contributed by atoms with Crippen molar-refractivity contribution in [3.8, 4) is 17.0 Å². The van der Waals surface area contributed by atoms with Gasteiger partial charge in [-0.3, -0.25) is 4.79 Å². The van der Waals surface area contributed by atoms with Gasteiger partial charge in [-0.2, -0.15) is 0 Å². The van der Waals surface area contributed by atoms with Crippen molar-refractivity contribution >= 4 is 29.0 Å². The maximum Gasteiger partial charge on any atom is 0.255 e. The summed E-state index contributed by atoms with van der Waals surface area (Å²) in [6.07, 6.45) is 5.27. The molecule has 0 unspecified atom stereocenters. The zero-order valence-electron chi connectivity index (χ0n) is 16.8. The lowest BCUT2D eigenvalue weighted by atomic mass is 10.1. The monoisotopic (exact) mass is 422 g/mol. The van der Waals surface area contributed by atoms with Crippen LogP contribution in [0, 0.1) is 0 Å². The maximum atomic E-state index is 12.7. The third-order valence-corrected chi connectivity index (χ3v) is 5.42. The maximum absolute atomic E-state index is 12.7. The number of nitrogens with zero attached hydrogens (tertiary/aromatic N) is 3. The quantitative estimate of drug-likeness (QED) is 0.623. The molecule has 30 heavy (non-hydrogen) atoms. The molecule has 3 aromatic rings. The SMILES string of the molecule is COc1ccc(Cl)cc1NC(=O)c1ccc(-c2cc(N3CCCCC3)ncn2)cc1. The number of halogens is 1. The third-order valence-electron chi connectivity index (χ3n) is 5.19. The number of anilines is 2.